The molecule has 1 fully saturated rings. The number of anilines is 1. The Bertz CT molecular complexity index is 649. The first-order valence-electron chi connectivity index (χ1n) is 6.16. The van der Waals surface area contributed by atoms with E-state index in [2.05, 4.69) is 15.0 Å². The van der Waals surface area contributed by atoms with Crippen LogP contribution in [-0.2, 0) is 4.74 Å². The van der Waals surface area contributed by atoms with Gasteiger partial charge < -0.3 is 15.6 Å². The highest BCUT2D eigenvalue weighted by molar-refractivity contribution is 5.81. The van der Waals surface area contributed by atoms with Crippen LogP contribution in [0.2, 0.25) is 0 Å². The Labute approximate surface area is 112 Å². The molecule has 0 spiro atoms. The molecule has 2 aromatic rings. The minimum Gasteiger partial charge on any atom is -0.387 e. The van der Waals surface area contributed by atoms with Crippen molar-refractivity contribution in [1.82, 2.24) is 19.5 Å². The lowest BCUT2D eigenvalue weighted by molar-refractivity contribution is -0.0238. The van der Waals surface area contributed by atoms with E-state index in [1.807, 2.05) is 0 Å². The van der Waals surface area contributed by atoms with Crippen LogP contribution in [0.5, 0.6) is 0 Å². The first-order valence-corrected chi connectivity index (χ1v) is 6.16. The van der Waals surface area contributed by atoms with Crippen molar-refractivity contribution in [2.45, 2.75) is 38.0 Å². The molecular formula is C11H13F2N5O2. The van der Waals surface area contributed by atoms with E-state index in [4.69, 9.17) is 10.5 Å². The van der Waals surface area contributed by atoms with Gasteiger partial charge in [-0.3, -0.25) is 4.57 Å². The highest BCUT2D eigenvalue weighted by atomic mass is 19.1. The number of rotatable bonds is 2. The molecule has 3 rings (SSSR count). The van der Waals surface area contributed by atoms with Gasteiger partial charge in [0.2, 0.25) is 0 Å². The molecule has 0 saturated carbocycles. The summed E-state index contributed by atoms with van der Waals surface area (Å²) >= 11 is 0. The predicted octanol–water partition coefficient (Wildman–Crippen LogP) is 0.554. The van der Waals surface area contributed by atoms with Crippen molar-refractivity contribution in [3.63, 3.8) is 0 Å². The summed E-state index contributed by atoms with van der Waals surface area (Å²) < 4.78 is 34.0. The number of nitrogens with zero attached hydrogens (tertiary/aromatic N) is 4. The molecular weight excluding hydrogens is 272 g/mol. The molecule has 20 heavy (non-hydrogen) atoms. The van der Waals surface area contributed by atoms with Crippen LogP contribution in [-0.4, -0.2) is 43.0 Å². The first kappa shape index (κ1) is 13.1. The van der Waals surface area contributed by atoms with Crippen molar-refractivity contribution < 1.29 is 18.6 Å². The zero-order valence-corrected chi connectivity index (χ0v) is 10.6. The largest absolute Gasteiger partial charge is 0.387 e. The maximum absolute atomic E-state index is 14.1. The number of alkyl halides is 1. The molecule has 3 N–H and O–H groups in total. The summed E-state index contributed by atoms with van der Waals surface area (Å²) in [6, 6.07) is 0. The highest BCUT2D eigenvalue weighted by Gasteiger charge is 2.44. The second kappa shape index (κ2) is 4.60. The Morgan fingerprint density at radius 3 is 2.90 bits per heavy atom. The number of nitrogen functional groups attached to an aromatic ring is 1. The topological polar surface area (TPSA) is 99.1 Å². The van der Waals surface area contributed by atoms with Crippen LogP contribution < -0.4 is 5.73 Å². The summed E-state index contributed by atoms with van der Waals surface area (Å²) in [4.78, 5) is 10.8. The minimum absolute atomic E-state index is 0.0339. The monoisotopic (exact) mass is 285 g/mol. The number of hydrogen-bond acceptors (Lipinski definition) is 6. The van der Waals surface area contributed by atoms with Gasteiger partial charge in [-0.25, -0.2) is 9.37 Å². The van der Waals surface area contributed by atoms with Crippen LogP contribution in [0.15, 0.2) is 6.33 Å². The minimum atomic E-state index is -1.66. The third-order valence-electron chi connectivity index (χ3n) is 3.39. The molecule has 1 saturated heterocycles. The van der Waals surface area contributed by atoms with Gasteiger partial charge in [0.15, 0.2) is 29.4 Å². The fraction of sp³-hybridized carbons (Fsp3) is 0.545. The molecule has 0 amide bonds. The van der Waals surface area contributed by atoms with Crippen molar-refractivity contribution in [2.24, 2.45) is 0 Å². The molecule has 2 aromatic heterocycles. The number of halogens is 2. The maximum Gasteiger partial charge on any atom is 0.312 e. The number of aliphatic hydroxyl groups is 1. The van der Waals surface area contributed by atoms with E-state index in [-0.39, 0.29) is 17.0 Å². The van der Waals surface area contributed by atoms with Gasteiger partial charge >= 0.3 is 6.08 Å². The van der Waals surface area contributed by atoms with Gasteiger partial charge in [0.1, 0.15) is 6.10 Å². The molecule has 3 heterocycles. The average Bonchev–Trinajstić information content (AvgIpc) is 2.93. The summed E-state index contributed by atoms with van der Waals surface area (Å²) in [6.07, 6.45) is -3.97. The van der Waals surface area contributed by atoms with Crippen LogP contribution in [0.3, 0.4) is 0 Å². The first-order chi connectivity index (χ1) is 9.52. The average molecular weight is 285 g/mol. The van der Waals surface area contributed by atoms with E-state index in [0.717, 1.165) is 0 Å². The van der Waals surface area contributed by atoms with Gasteiger partial charge in [0, 0.05) is 0 Å². The normalized spacial score (nSPS) is 30.2. The maximum atomic E-state index is 14.1. The van der Waals surface area contributed by atoms with Crippen LogP contribution in [0.4, 0.5) is 14.6 Å². The molecule has 0 aromatic carbocycles. The van der Waals surface area contributed by atoms with Crippen molar-refractivity contribution >= 4 is 17.0 Å². The lowest BCUT2D eigenvalue weighted by Gasteiger charge is -2.15. The van der Waals surface area contributed by atoms with Gasteiger partial charge in [-0.05, 0) is 6.42 Å². The summed E-state index contributed by atoms with van der Waals surface area (Å²) in [6.45, 7) is 1.77. The number of hydrogen-bond donors (Lipinski definition) is 2. The highest BCUT2D eigenvalue weighted by Crippen LogP contribution is 2.35. The summed E-state index contributed by atoms with van der Waals surface area (Å²) in [5.41, 5.74) is 5.73. The molecule has 0 aliphatic carbocycles. The number of aliphatic hydroxyl groups excluding tert-OH is 1. The smallest absolute Gasteiger partial charge is 0.312 e. The van der Waals surface area contributed by atoms with E-state index in [9.17, 15) is 13.9 Å². The molecule has 0 radical (unpaired) electrons. The second-order valence-corrected chi connectivity index (χ2v) is 4.61. The van der Waals surface area contributed by atoms with Gasteiger partial charge in [0.25, 0.3) is 0 Å². The number of fused-ring (bicyclic) bond motifs is 1. The Kier molecular flexibility index (Phi) is 3.02. The van der Waals surface area contributed by atoms with Gasteiger partial charge in [0.05, 0.1) is 12.4 Å². The fourth-order valence-electron chi connectivity index (χ4n) is 2.36. The lowest BCUT2D eigenvalue weighted by atomic mass is 10.1. The molecule has 1 unspecified atom stereocenters. The third kappa shape index (κ3) is 1.81. The van der Waals surface area contributed by atoms with Gasteiger partial charge in [-0.15, -0.1) is 0 Å². The van der Waals surface area contributed by atoms with Gasteiger partial charge in [-0.2, -0.15) is 14.4 Å². The van der Waals surface area contributed by atoms with Crippen molar-refractivity contribution in [2.75, 3.05) is 5.73 Å². The Balaban J connectivity index is 2.07. The SMILES string of the molecule is CC[C@H]1O[C@@H](n2cnc3c(N)nc(F)nc32)C(F)[C@H]1O. The van der Waals surface area contributed by atoms with E-state index in [0.29, 0.717) is 6.42 Å². The molecule has 1 aliphatic heterocycles. The Morgan fingerprint density at radius 1 is 1.50 bits per heavy atom. The van der Waals surface area contributed by atoms with Crippen molar-refractivity contribution in [1.29, 1.82) is 0 Å². The zero-order valence-electron chi connectivity index (χ0n) is 10.6. The second-order valence-electron chi connectivity index (χ2n) is 4.61. The molecule has 7 nitrogen and oxygen atoms in total. The van der Waals surface area contributed by atoms with Crippen molar-refractivity contribution in [3.8, 4) is 0 Å². The molecule has 9 heteroatoms. The number of imidazole rings is 1. The van der Waals surface area contributed by atoms with E-state index in [1.165, 1.54) is 10.9 Å². The zero-order chi connectivity index (χ0) is 14.4. The third-order valence-corrected chi connectivity index (χ3v) is 3.39. The summed E-state index contributed by atoms with van der Waals surface area (Å²) in [7, 11) is 0. The summed E-state index contributed by atoms with van der Waals surface area (Å²) in [5, 5.41) is 9.74. The van der Waals surface area contributed by atoms with Crippen LogP contribution in [0.1, 0.15) is 19.6 Å². The standard InChI is InChI=1S/C11H13F2N5O2/c1-2-4-7(19)5(12)10(20-4)18-3-15-6-8(14)16-11(13)17-9(6)18/h3-5,7,10,19H,2H2,1H3,(H2,14,16,17)/t4-,5?,7+,10-/m1/s1. The van der Waals surface area contributed by atoms with Crippen molar-refractivity contribution in [3.05, 3.63) is 12.4 Å². The molecule has 1 aliphatic rings. The number of nitrogens with two attached hydrogens (primary N) is 1. The predicted molar refractivity (Wildman–Crippen MR) is 64.8 cm³/mol. The number of aromatic nitrogens is 4. The van der Waals surface area contributed by atoms with Crippen LogP contribution in [0.25, 0.3) is 11.2 Å². The summed E-state index contributed by atoms with van der Waals surface area (Å²) in [5.74, 6) is -0.132. The Morgan fingerprint density at radius 2 is 2.25 bits per heavy atom. The van der Waals surface area contributed by atoms with Crippen LogP contribution >= 0.6 is 0 Å². The molecule has 108 valence electrons. The fourth-order valence-corrected chi connectivity index (χ4v) is 2.36. The van der Waals surface area contributed by atoms with E-state index >= 15 is 0 Å². The lowest BCUT2D eigenvalue weighted by Crippen LogP contribution is -2.27. The van der Waals surface area contributed by atoms with Crippen LogP contribution in [0, 0.1) is 6.08 Å². The van der Waals surface area contributed by atoms with E-state index < -0.39 is 30.7 Å². The Hall–Kier alpha value is -1.87. The number of ether oxygens (including phenoxy) is 1. The quantitative estimate of drug-likeness (QED) is 0.782. The molecule has 0 bridgehead atoms. The van der Waals surface area contributed by atoms with E-state index in [1.54, 1.807) is 6.92 Å². The molecule has 4 atom stereocenters. The van der Waals surface area contributed by atoms with Gasteiger partial charge in [-0.1, -0.05) is 6.92 Å².